The van der Waals surface area contributed by atoms with E-state index in [2.05, 4.69) is 15.3 Å². The lowest BCUT2D eigenvalue weighted by molar-refractivity contribution is -0.144. The fourth-order valence-corrected chi connectivity index (χ4v) is 4.43. The van der Waals surface area contributed by atoms with Gasteiger partial charge in [0, 0.05) is 12.7 Å². The molecule has 0 saturated carbocycles. The molecule has 1 aliphatic heterocycles. The van der Waals surface area contributed by atoms with Crippen molar-refractivity contribution >= 4 is 34.7 Å². The zero-order valence-corrected chi connectivity index (χ0v) is 22.1. The molecule has 1 saturated heterocycles. The molecular weight excluding hydrogens is 530 g/mol. The number of rotatable bonds is 13. The fourth-order valence-electron chi connectivity index (χ4n) is 4.43. The van der Waals surface area contributed by atoms with Crippen molar-refractivity contribution in [1.82, 2.24) is 19.4 Å². The molecule has 1 aliphatic rings. The van der Waals surface area contributed by atoms with Crippen LogP contribution in [0.15, 0.2) is 66.7 Å². The Morgan fingerprint density at radius 1 is 1.05 bits per heavy atom. The summed E-state index contributed by atoms with van der Waals surface area (Å²) in [5.41, 5.74) is 2.21. The molecule has 0 unspecified atom stereocenters. The first-order chi connectivity index (χ1) is 19.9. The number of fused-ring (bicyclic) bond motifs is 1. The summed E-state index contributed by atoms with van der Waals surface area (Å²) in [6.07, 6.45) is 0.757. The molecule has 4 aromatic rings. The van der Waals surface area contributed by atoms with Crippen LogP contribution in [0, 0.1) is 0 Å². The molecule has 0 aliphatic carbocycles. The van der Waals surface area contributed by atoms with Crippen molar-refractivity contribution in [3.63, 3.8) is 0 Å². The van der Waals surface area contributed by atoms with Crippen LogP contribution in [-0.4, -0.2) is 73.3 Å². The molecule has 1 amide bonds. The van der Waals surface area contributed by atoms with Crippen LogP contribution in [0.4, 0.5) is 5.82 Å². The van der Waals surface area contributed by atoms with Crippen LogP contribution in [0.25, 0.3) is 11.0 Å². The minimum Gasteiger partial charge on any atom is -0.480 e. The van der Waals surface area contributed by atoms with Crippen molar-refractivity contribution in [3.8, 4) is 5.88 Å². The van der Waals surface area contributed by atoms with E-state index in [0.717, 1.165) is 12.0 Å². The maximum Gasteiger partial charge on any atom is 0.335 e. The van der Waals surface area contributed by atoms with Crippen molar-refractivity contribution in [2.75, 3.05) is 25.0 Å². The number of aliphatic carboxylic acids is 1. The monoisotopic (exact) mass is 559 g/mol. The number of carbonyl (C=O) groups excluding carboxylic acids is 1. The number of carbonyl (C=O) groups is 3. The zero-order valence-electron chi connectivity index (χ0n) is 22.1. The second kappa shape index (κ2) is 12.5. The van der Waals surface area contributed by atoms with Crippen LogP contribution in [0.2, 0.25) is 0 Å². The average molecular weight is 560 g/mol. The van der Waals surface area contributed by atoms with Gasteiger partial charge in [0.1, 0.15) is 24.8 Å². The number of hydrogen-bond acceptors (Lipinski definition) is 8. The molecule has 3 heterocycles. The molecule has 2 aromatic heterocycles. The van der Waals surface area contributed by atoms with Crippen molar-refractivity contribution in [1.29, 1.82) is 0 Å². The van der Waals surface area contributed by atoms with E-state index < -0.39 is 24.4 Å². The number of carboxylic acid groups (broad SMARTS) is 2. The Bertz CT molecular complexity index is 1550. The minimum atomic E-state index is -1.18. The summed E-state index contributed by atoms with van der Waals surface area (Å²) < 4.78 is 13.1. The number of benzene rings is 2. The van der Waals surface area contributed by atoms with Crippen LogP contribution < -0.4 is 10.1 Å². The van der Waals surface area contributed by atoms with E-state index in [1.807, 2.05) is 30.3 Å². The van der Waals surface area contributed by atoms with E-state index >= 15 is 0 Å². The van der Waals surface area contributed by atoms with E-state index in [4.69, 9.17) is 9.47 Å². The van der Waals surface area contributed by atoms with Gasteiger partial charge in [-0.1, -0.05) is 36.4 Å². The van der Waals surface area contributed by atoms with Gasteiger partial charge in [-0.05, 0) is 36.2 Å². The van der Waals surface area contributed by atoms with Crippen LogP contribution in [0.5, 0.6) is 5.88 Å². The Morgan fingerprint density at radius 2 is 1.85 bits per heavy atom. The smallest absolute Gasteiger partial charge is 0.335 e. The van der Waals surface area contributed by atoms with Gasteiger partial charge in [-0.25, -0.2) is 9.78 Å². The quantitative estimate of drug-likeness (QED) is 0.222. The third-order valence-corrected chi connectivity index (χ3v) is 6.64. The number of carboxylic acids is 2. The van der Waals surface area contributed by atoms with Gasteiger partial charge < -0.3 is 34.5 Å². The highest BCUT2D eigenvalue weighted by molar-refractivity contribution is 5.92. The average Bonchev–Trinajstić information content (AvgIpc) is 3.28. The summed E-state index contributed by atoms with van der Waals surface area (Å²) in [6, 6.07) is 19.4. The molecule has 1 fully saturated rings. The van der Waals surface area contributed by atoms with Crippen LogP contribution in [-0.2, 0) is 34.0 Å². The van der Waals surface area contributed by atoms with E-state index in [0.29, 0.717) is 48.3 Å². The third-order valence-electron chi connectivity index (χ3n) is 6.64. The second-order valence-corrected chi connectivity index (χ2v) is 9.56. The predicted molar refractivity (Wildman–Crippen MR) is 148 cm³/mol. The number of imidazole rings is 1. The highest BCUT2D eigenvalue weighted by Gasteiger charge is 2.25. The summed E-state index contributed by atoms with van der Waals surface area (Å²) in [4.78, 5) is 46.6. The predicted octanol–water partition coefficient (Wildman–Crippen LogP) is 3.02. The number of aromatic carboxylic acids is 1. The van der Waals surface area contributed by atoms with Crippen molar-refractivity contribution in [2.24, 2.45) is 0 Å². The number of pyridine rings is 1. The number of hydrogen-bond donors (Lipinski definition) is 3. The van der Waals surface area contributed by atoms with Crippen LogP contribution in [0.1, 0.15) is 28.2 Å². The number of nitrogens with zero attached hydrogens (tertiary/aromatic N) is 4. The Kier molecular flexibility index (Phi) is 8.39. The summed E-state index contributed by atoms with van der Waals surface area (Å²) >= 11 is 0. The summed E-state index contributed by atoms with van der Waals surface area (Å²) in [5, 5.41) is 21.9. The van der Waals surface area contributed by atoms with Crippen molar-refractivity contribution in [3.05, 3.63) is 83.7 Å². The first-order valence-corrected chi connectivity index (χ1v) is 13.1. The van der Waals surface area contributed by atoms with Gasteiger partial charge in [-0.3, -0.25) is 9.59 Å². The number of ether oxygens (including phenoxy) is 2. The maximum absolute atomic E-state index is 13.2. The van der Waals surface area contributed by atoms with Crippen molar-refractivity contribution < 1.29 is 34.1 Å². The lowest BCUT2D eigenvalue weighted by Crippen LogP contribution is -2.40. The van der Waals surface area contributed by atoms with E-state index in [1.54, 1.807) is 28.8 Å². The molecule has 1 atom stereocenters. The topological polar surface area (TPSA) is 156 Å². The lowest BCUT2D eigenvalue weighted by Gasteiger charge is -2.28. The molecule has 12 heteroatoms. The molecule has 41 heavy (non-hydrogen) atoms. The van der Waals surface area contributed by atoms with Gasteiger partial charge >= 0.3 is 11.9 Å². The number of nitrogens with one attached hydrogen (secondary N) is 1. The summed E-state index contributed by atoms with van der Waals surface area (Å²) in [6.45, 7) is 0.528. The molecule has 0 bridgehead atoms. The Hall–Kier alpha value is -4.97. The Labute approximate surface area is 235 Å². The molecular formula is C29H29N5O7. The highest BCUT2D eigenvalue weighted by Crippen LogP contribution is 2.23. The zero-order chi connectivity index (χ0) is 28.8. The second-order valence-electron chi connectivity index (χ2n) is 9.56. The minimum absolute atomic E-state index is 0.0765. The fraction of sp³-hybridized carbons (Fsp3) is 0.276. The number of anilines is 1. The summed E-state index contributed by atoms with van der Waals surface area (Å²) in [7, 11) is 0. The molecule has 12 nitrogen and oxygen atoms in total. The molecule has 5 rings (SSSR count). The first-order valence-electron chi connectivity index (χ1n) is 13.1. The molecule has 0 spiro atoms. The van der Waals surface area contributed by atoms with E-state index in [9.17, 15) is 24.6 Å². The molecule has 2 aromatic carbocycles. The van der Waals surface area contributed by atoms with Gasteiger partial charge in [0.15, 0.2) is 0 Å². The standard InChI is InChI=1S/C29H29N5O7/c35-27(14-30-24-7-4-8-26(32-24)41-18-19-5-2-1-3-6-19)33(17-28(36)37)16-25-31-22-10-9-20(29(38)39)13-23(22)34(25)15-21-11-12-40-21/h1-10,13,21H,11-12,14-18H2,(H,30,32)(H,36,37)(H,38,39)/t21-/m0/s1. The number of amides is 1. The highest BCUT2D eigenvalue weighted by atomic mass is 16.5. The lowest BCUT2D eigenvalue weighted by atomic mass is 10.1. The van der Waals surface area contributed by atoms with Gasteiger partial charge in [-0.15, -0.1) is 0 Å². The molecule has 0 radical (unpaired) electrons. The Morgan fingerprint density at radius 3 is 2.56 bits per heavy atom. The molecule has 3 N–H and O–H groups in total. The first kappa shape index (κ1) is 27.6. The number of aromatic nitrogens is 3. The maximum atomic E-state index is 13.2. The Balaban J connectivity index is 1.30. The normalized spacial score (nSPS) is 14.3. The van der Waals surface area contributed by atoms with Gasteiger partial charge in [-0.2, -0.15) is 4.98 Å². The van der Waals surface area contributed by atoms with Crippen LogP contribution >= 0.6 is 0 Å². The van der Waals surface area contributed by atoms with Crippen molar-refractivity contribution in [2.45, 2.75) is 32.2 Å². The van der Waals surface area contributed by atoms with E-state index in [-0.39, 0.29) is 24.8 Å². The van der Waals surface area contributed by atoms with Crippen LogP contribution in [0.3, 0.4) is 0 Å². The third kappa shape index (κ3) is 6.97. The SMILES string of the molecule is O=C(O)CN(Cc1nc2ccc(C(=O)O)cc2n1C[C@@H]1CCO1)C(=O)CNc1cccc(OCc2ccccc2)n1. The van der Waals surface area contributed by atoms with Gasteiger partial charge in [0.2, 0.25) is 11.8 Å². The molecule has 212 valence electrons. The van der Waals surface area contributed by atoms with E-state index in [1.165, 1.54) is 17.0 Å². The largest absolute Gasteiger partial charge is 0.480 e. The van der Waals surface area contributed by atoms with Gasteiger partial charge in [0.05, 0.1) is 42.3 Å². The summed E-state index contributed by atoms with van der Waals surface area (Å²) in [5.74, 6) is -1.52. The van der Waals surface area contributed by atoms with Gasteiger partial charge in [0.25, 0.3) is 0 Å².